The van der Waals surface area contributed by atoms with Gasteiger partial charge in [-0.1, -0.05) is 6.08 Å². The van der Waals surface area contributed by atoms with E-state index < -0.39 is 5.97 Å². The minimum absolute atomic E-state index is 0.0810. The first-order valence-corrected chi connectivity index (χ1v) is 2.60. The number of carbonyl (C=O) groups is 1. The molecule has 0 bridgehead atoms. The van der Waals surface area contributed by atoms with Gasteiger partial charge in [0.05, 0.1) is 0 Å². The number of aliphatic imine (C=N–C) groups is 1. The van der Waals surface area contributed by atoms with Crippen molar-refractivity contribution in [3.05, 3.63) is 11.8 Å². The van der Waals surface area contributed by atoms with Crippen molar-refractivity contribution in [2.24, 2.45) is 4.99 Å². The third-order valence-electron chi connectivity index (χ3n) is 0.761. The maximum atomic E-state index is 10.1. The van der Waals surface area contributed by atoms with Crippen LogP contribution in [-0.2, 0) is 4.79 Å². The van der Waals surface area contributed by atoms with Crippen LogP contribution >= 0.6 is 0 Å². The molecule has 0 heterocycles. The highest BCUT2D eigenvalue weighted by atomic mass is 16.4. The van der Waals surface area contributed by atoms with E-state index >= 15 is 0 Å². The van der Waals surface area contributed by atoms with Gasteiger partial charge in [0.1, 0.15) is 5.70 Å². The molecule has 1 N–H and O–H groups in total. The van der Waals surface area contributed by atoms with Crippen molar-refractivity contribution < 1.29 is 9.90 Å². The Hall–Kier alpha value is -1.12. The van der Waals surface area contributed by atoms with Crippen LogP contribution in [0, 0.1) is 0 Å². The Balaban J connectivity index is 4.19. The lowest BCUT2D eigenvalue weighted by atomic mass is 10.4. The van der Waals surface area contributed by atoms with Crippen LogP contribution in [0.25, 0.3) is 0 Å². The molecule has 0 aliphatic carbocycles. The molecule has 0 atom stereocenters. The summed E-state index contributed by atoms with van der Waals surface area (Å²) in [7, 11) is 0. The number of hydrogen-bond donors (Lipinski definition) is 1. The number of carboxylic acids is 1. The number of carboxylic acid groups (broad SMARTS) is 1. The molecular formula is C6H9NO2. The van der Waals surface area contributed by atoms with Crippen molar-refractivity contribution in [2.75, 3.05) is 0 Å². The first-order chi connectivity index (χ1) is 4.22. The normalized spacial score (nSPS) is 12.4. The van der Waals surface area contributed by atoms with Gasteiger partial charge in [-0.25, -0.2) is 4.79 Å². The van der Waals surface area contributed by atoms with E-state index in [0.29, 0.717) is 0 Å². The lowest BCUT2D eigenvalue weighted by Gasteiger charge is -1.88. The lowest BCUT2D eigenvalue weighted by molar-refractivity contribution is -0.132. The molecule has 0 aromatic heterocycles. The van der Waals surface area contributed by atoms with Crippen LogP contribution in [0.5, 0.6) is 0 Å². The summed E-state index contributed by atoms with van der Waals surface area (Å²) in [6.45, 7) is 3.31. The predicted molar refractivity (Wildman–Crippen MR) is 35.6 cm³/mol. The van der Waals surface area contributed by atoms with E-state index in [4.69, 9.17) is 5.11 Å². The molecule has 0 aliphatic rings. The second-order valence-electron chi connectivity index (χ2n) is 1.37. The van der Waals surface area contributed by atoms with Crippen molar-refractivity contribution in [3.63, 3.8) is 0 Å². The molecule has 50 valence electrons. The highest BCUT2D eigenvalue weighted by molar-refractivity contribution is 5.87. The molecule has 0 fully saturated rings. The summed E-state index contributed by atoms with van der Waals surface area (Å²) in [5, 5.41) is 8.32. The van der Waals surface area contributed by atoms with E-state index in [2.05, 4.69) is 4.99 Å². The monoisotopic (exact) mass is 127 g/mol. The fraction of sp³-hybridized carbons (Fsp3) is 0.333. The number of allylic oxidation sites excluding steroid dienone is 1. The number of rotatable bonds is 2. The minimum atomic E-state index is -0.990. The zero-order valence-electron chi connectivity index (χ0n) is 5.46. The topological polar surface area (TPSA) is 49.7 Å². The third kappa shape index (κ3) is 2.64. The summed E-state index contributed by atoms with van der Waals surface area (Å²) in [6, 6.07) is 0. The van der Waals surface area contributed by atoms with Gasteiger partial charge < -0.3 is 5.11 Å². The molecule has 0 unspecified atom stereocenters. The van der Waals surface area contributed by atoms with Crippen molar-refractivity contribution >= 4 is 12.2 Å². The maximum absolute atomic E-state index is 10.1. The predicted octanol–water partition coefficient (Wildman–Crippen LogP) is 1.07. The molecular weight excluding hydrogens is 118 g/mol. The first kappa shape index (κ1) is 7.88. The van der Waals surface area contributed by atoms with Gasteiger partial charge in [0.25, 0.3) is 0 Å². The Labute approximate surface area is 53.7 Å². The summed E-state index contributed by atoms with van der Waals surface area (Å²) >= 11 is 0. The van der Waals surface area contributed by atoms with E-state index in [9.17, 15) is 4.79 Å². The van der Waals surface area contributed by atoms with E-state index in [1.165, 1.54) is 12.3 Å². The molecule has 0 amide bonds. The van der Waals surface area contributed by atoms with Crippen LogP contribution < -0.4 is 0 Å². The fourth-order valence-electron chi connectivity index (χ4n) is 0.392. The van der Waals surface area contributed by atoms with Crippen LogP contribution in [0.3, 0.4) is 0 Å². The van der Waals surface area contributed by atoms with Crippen molar-refractivity contribution in [1.29, 1.82) is 0 Å². The molecule has 0 rings (SSSR count). The quantitative estimate of drug-likeness (QED) is 0.445. The molecule has 0 aromatic rings. The van der Waals surface area contributed by atoms with E-state index in [-0.39, 0.29) is 5.70 Å². The fourth-order valence-corrected chi connectivity index (χ4v) is 0.392. The molecule has 3 heteroatoms. The number of nitrogens with zero attached hydrogens (tertiary/aromatic N) is 1. The van der Waals surface area contributed by atoms with Gasteiger partial charge in [-0.3, -0.25) is 4.99 Å². The summed E-state index contributed by atoms with van der Waals surface area (Å²) in [5.41, 5.74) is 0.0810. The van der Waals surface area contributed by atoms with E-state index in [0.717, 1.165) is 0 Å². The van der Waals surface area contributed by atoms with Crippen molar-refractivity contribution in [2.45, 2.75) is 13.8 Å². The van der Waals surface area contributed by atoms with Crippen LogP contribution in [0.15, 0.2) is 16.8 Å². The standard InChI is InChI=1S/C6H9NO2/c1-3-5(6(8)9)7-4-2/h3-4H,1-2H3,(H,8,9)/b5-3-,7-4?. The summed E-state index contributed by atoms with van der Waals surface area (Å²) in [5.74, 6) is -0.990. The number of aliphatic carboxylic acids is 1. The maximum Gasteiger partial charge on any atom is 0.354 e. The Morgan fingerprint density at radius 3 is 2.22 bits per heavy atom. The molecule has 3 nitrogen and oxygen atoms in total. The van der Waals surface area contributed by atoms with Crippen LogP contribution in [0.4, 0.5) is 0 Å². The largest absolute Gasteiger partial charge is 0.477 e. The third-order valence-corrected chi connectivity index (χ3v) is 0.761. The van der Waals surface area contributed by atoms with Gasteiger partial charge in [-0.15, -0.1) is 0 Å². The van der Waals surface area contributed by atoms with Gasteiger partial charge >= 0.3 is 5.97 Å². The lowest BCUT2D eigenvalue weighted by Crippen LogP contribution is -1.96. The molecule has 0 aliphatic heterocycles. The molecule has 0 saturated heterocycles. The van der Waals surface area contributed by atoms with Crippen LogP contribution in [0.1, 0.15) is 13.8 Å². The van der Waals surface area contributed by atoms with Gasteiger partial charge in [0.2, 0.25) is 0 Å². The van der Waals surface area contributed by atoms with Gasteiger partial charge in [0.15, 0.2) is 0 Å². The Bertz CT molecular complexity index is 158. The second kappa shape index (κ2) is 3.83. The average Bonchev–Trinajstić information content (AvgIpc) is 1.82. The number of hydrogen-bond acceptors (Lipinski definition) is 2. The molecule has 0 radical (unpaired) electrons. The highest BCUT2D eigenvalue weighted by Crippen LogP contribution is 1.93. The second-order valence-corrected chi connectivity index (χ2v) is 1.37. The Morgan fingerprint density at radius 2 is 2.11 bits per heavy atom. The highest BCUT2D eigenvalue weighted by Gasteiger charge is 1.99. The molecule has 0 saturated carbocycles. The van der Waals surface area contributed by atoms with Crippen molar-refractivity contribution in [1.82, 2.24) is 0 Å². The van der Waals surface area contributed by atoms with Gasteiger partial charge in [-0.2, -0.15) is 0 Å². The molecule has 0 aromatic carbocycles. The van der Waals surface area contributed by atoms with Gasteiger partial charge in [-0.05, 0) is 13.8 Å². The molecule has 9 heavy (non-hydrogen) atoms. The Kier molecular flexibility index (Phi) is 3.35. The van der Waals surface area contributed by atoms with Gasteiger partial charge in [0, 0.05) is 6.21 Å². The average molecular weight is 127 g/mol. The minimum Gasteiger partial charge on any atom is -0.477 e. The zero-order valence-corrected chi connectivity index (χ0v) is 5.46. The summed E-state index contributed by atoms with van der Waals surface area (Å²) in [6.07, 6.45) is 2.89. The summed E-state index contributed by atoms with van der Waals surface area (Å²) < 4.78 is 0. The van der Waals surface area contributed by atoms with Crippen LogP contribution in [-0.4, -0.2) is 17.3 Å². The summed E-state index contributed by atoms with van der Waals surface area (Å²) in [4.78, 5) is 13.7. The van der Waals surface area contributed by atoms with E-state index in [1.54, 1.807) is 13.8 Å². The van der Waals surface area contributed by atoms with Crippen molar-refractivity contribution in [3.8, 4) is 0 Å². The SMILES string of the molecule is CC=N/C(=C\C)C(=O)O. The smallest absolute Gasteiger partial charge is 0.354 e. The van der Waals surface area contributed by atoms with E-state index in [1.807, 2.05) is 0 Å². The van der Waals surface area contributed by atoms with Crippen LogP contribution in [0.2, 0.25) is 0 Å². The zero-order chi connectivity index (χ0) is 7.28. The first-order valence-electron chi connectivity index (χ1n) is 2.60. The molecule has 0 spiro atoms. The Morgan fingerprint density at radius 1 is 1.56 bits per heavy atom.